The van der Waals surface area contributed by atoms with Crippen molar-refractivity contribution >= 4 is 17.8 Å². The Morgan fingerprint density at radius 1 is 0.971 bits per heavy atom. The number of rotatable bonds is 6. The minimum atomic E-state index is -0.699. The average Bonchev–Trinajstić information content (AvgIpc) is 3.27. The van der Waals surface area contributed by atoms with Gasteiger partial charge in [0.25, 0.3) is 0 Å². The molecule has 8 heteroatoms. The van der Waals surface area contributed by atoms with Gasteiger partial charge in [-0.2, -0.15) is 0 Å². The number of nitrogens with zero attached hydrogens (tertiary/aromatic N) is 2. The number of amides is 4. The molecule has 0 aromatic heterocycles. The van der Waals surface area contributed by atoms with Gasteiger partial charge in [-0.05, 0) is 56.4 Å². The number of carbonyl (C=O) groups excluding carboxylic acids is 3. The summed E-state index contributed by atoms with van der Waals surface area (Å²) in [6, 6.07) is 8.67. The van der Waals surface area contributed by atoms with Gasteiger partial charge < -0.3 is 25.5 Å². The van der Waals surface area contributed by atoms with E-state index >= 15 is 0 Å². The molecule has 1 aromatic carbocycles. The number of piperidine rings is 1. The first-order valence-corrected chi connectivity index (χ1v) is 12.8. The standard InChI is InChI=1S/C26H38N4O4/c31-22-16-23(30(18-22)26(34)27-17-20-7-3-1-4-8-20)25(33)28-21-11-9-19(10-12-21)15-24(32)29-13-5-2-6-14-29/h1,3-4,7-8,19,21-23,31H,2,5-6,9-18H2,(H,27,34)(H,28,33)/t19?,21?,22?,23-/m0/s1. The van der Waals surface area contributed by atoms with Gasteiger partial charge in [-0.25, -0.2) is 4.79 Å². The molecule has 3 N–H and O–H groups in total. The Labute approximate surface area is 202 Å². The molecule has 2 heterocycles. The van der Waals surface area contributed by atoms with Crippen molar-refractivity contribution in [3.8, 4) is 0 Å². The van der Waals surface area contributed by atoms with E-state index in [0.29, 0.717) is 18.9 Å². The fourth-order valence-electron chi connectivity index (χ4n) is 5.49. The number of aliphatic hydroxyl groups is 1. The second-order valence-electron chi connectivity index (χ2n) is 10.1. The van der Waals surface area contributed by atoms with Crippen molar-refractivity contribution in [3.63, 3.8) is 0 Å². The van der Waals surface area contributed by atoms with Crippen molar-refractivity contribution in [3.05, 3.63) is 35.9 Å². The monoisotopic (exact) mass is 470 g/mol. The second kappa shape index (κ2) is 11.7. The number of likely N-dealkylation sites (tertiary alicyclic amines) is 2. The van der Waals surface area contributed by atoms with Crippen LogP contribution in [0.25, 0.3) is 0 Å². The number of nitrogens with one attached hydrogen (secondary N) is 2. The van der Waals surface area contributed by atoms with Crippen molar-refractivity contribution in [2.24, 2.45) is 5.92 Å². The molecule has 3 aliphatic rings. The van der Waals surface area contributed by atoms with Crippen LogP contribution in [0, 0.1) is 5.92 Å². The minimum absolute atomic E-state index is 0.0563. The summed E-state index contributed by atoms with van der Waals surface area (Å²) in [6.45, 7) is 2.32. The van der Waals surface area contributed by atoms with E-state index in [2.05, 4.69) is 10.6 Å². The first kappa shape index (κ1) is 24.5. The van der Waals surface area contributed by atoms with Gasteiger partial charge in [0.05, 0.1) is 6.10 Å². The molecule has 0 bridgehead atoms. The fourth-order valence-corrected chi connectivity index (χ4v) is 5.49. The van der Waals surface area contributed by atoms with Crippen LogP contribution >= 0.6 is 0 Å². The zero-order chi connectivity index (χ0) is 23.9. The van der Waals surface area contributed by atoms with E-state index in [1.807, 2.05) is 35.2 Å². The molecule has 0 spiro atoms. The predicted molar refractivity (Wildman–Crippen MR) is 129 cm³/mol. The average molecular weight is 471 g/mol. The maximum Gasteiger partial charge on any atom is 0.318 e. The third kappa shape index (κ3) is 6.50. The maximum absolute atomic E-state index is 13.0. The molecule has 1 saturated carbocycles. The minimum Gasteiger partial charge on any atom is -0.391 e. The van der Waals surface area contributed by atoms with Gasteiger partial charge in [0.15, 0.2) is 0 Å². The quantitative estimate of drug-likeness (QED) is 0.594. The lowest BCUT2D eigenvalue weighted by molar-refractivity contribution is -0.133. The number of carbonyl (C=O) groups is 3. The summed E-state index contributed by atoms with van der Waals surface area (Å²) in [5.41, 5.74) is 0.979. The molecule has 4 rings (SSSR count). The highest BCUT2D eigenvalue weighted by Crippen LogP contribution is 2.28. The number of urea groups is 1. The van der Waals surface area contributed by atoms with Gasteiger partial charge in [-0.3, -0.25) is 9.59 Å². The highest BCUT2D eigenvalue weighted by atomic mass is 16.3. The number of aliphatic hydroxyl groups excluding tert-OH is 1. The lowest BCUT2D eigenvalue weighted by Crippen LogP contribution is -2.51. The van der Waals surface area contributed by atoms with Gasteiger partial charge in [-0.1, -0.05) is 30.3 Å². The number of hydrogen-bond donors (Lipinski definition) is 3. The van der Waals surface area contributed by atoms with Crippen LogP contribution in [0.1, 0.15) is 63.4 Å². The molecular formula is C26H38N4O4. The van der Waals surface area contributed by atoms with Crippen LogP contribution in [-0.2, 0) is 16.1 Å². The van der Waals surface area contributed by atoms with E-state index < -0.39 is 12.1 Å². The zero-order valence-electron chi connectivity index (χ0n) is 20.0. The van der Waals surface area contributed by atoms with Crippen LogP contribution in [0.5, 0.6) is 0 Å². The number of benzene rings is 1. The summed E-state index contributed by atoms with van der Waals surface area (Å²) in [6.07, 6.45) is 7.17. The Morgan fingerprint density at radius 3 is 2.38 bits per heavy atom. The van der Waals surface area contributed by atoms with Gasteiger partial charge in [-0.15, -0.1) is 0 Å². The van der Waals surface area contributed by atoms with E-state index in [4.69, 9.17) is 0 Å². The van der Waals surface area contributed by atoms with Crippen LogP contribution in [0.2, 0.25) is 0 Å². The van der Waals surface area contributed by atoms with Crippen molar-refractivity contribution in [2.75, 3.05) is 19.6 Å². The van der Waals surface area contributed by atoms with E-state index in [0.717, 1.165) is 57.2 Å². The van der Waals surface area contributed by atoms with E-state index in [1.54, 1.807) is 0 Å². The van der Waals surface area contributed by atoms with Crippen molar-refractivity contribution in [2.45, 2.75) is 82.5 Å². The molecule has 2 atom stereocenters. The number of hydrogen-bond acceptors (Lipinski definition) is 4. The van der Waals surface area contributed by atoms with Gasteiger partial charge in [0.2, 0.25) is 11.8 Å². The fraction of sp³-hybridized carbons (Fsp3) is 0.654. The molecule has 1 unspecified atom stereocenters. The molecule has 2 aliphatic heterocycles. The Balaban J connectivity index is 1.22. The lowest BCUT2D eigenvalue weighted by atomic mass is 9.83. The van der Waals surface area contributed by atoms with Crippen LogP contribution in [0.15, 0.2) is 30.3 Å². The Morgan fingerprint density at radius 2 is 1.68 bits per heavy atom. The van der Waals surface area contributed by atoms with Crippen molar-refractivity contribution < 1.29 is 19.5 Å². The molecule has 186 valence electrons. The SMILES string of the molecule is O=C(NC1CCC(CC(=O)N2CCCCC2)CC1)[C@@H]1CC(O)CN1C(=O)NCc1ccccc1. The summed E-state index contributed by atoms with van der Waals surface area (Å²) in [5, 5.41) is 16.1. The molecule has 1 aromatic rings. The summed E-state index contributed by atoms with van der Waals surface area (Å²) in [7, 11) is 0. The first-order valence-electron chi connectivity index (χ1n) is 12.8. The summed E-state index contributed by atoms with van der Waals surface area (Å²) in [5.74, 6) is 0.472. The first-order chi connectivity index (χ1) is 16.5. The molecule has 2 saturated heterocycles. The van der Waals surface area contributed by atoms with Gasteiger partial charge in [0, 0.05) is 45.1 Å². The largest absolute Gasteiger partial charge is 0.391 e. The van der Waals surface area contributed by atoms with E-state index in [9.17, 15) is 19.5 Å². The van der Waals surface area contributed by atoms with E-state index in [-0.39, 0.29) is 36.9 Å². The Kier molecular flexibility index (Phi) is 8.43. The molecule has 0 radical (unpaired) electrons. The van der Waals surface area contributed by atoms with Crippen LogP contribution < -0.4 is 10.6 Å². The summed E-state index contributed by atoms with van der Waals surface area (Å²) in [4.78, 5) is 41.8. The van der Waals surface area contributed by atoms with Crippen LogP contribution in [-0.4, -0.2) is 70.6 Å². The lowest BCUT2D eigenvalue weighted by Gasteiger charge is -2.33. The molecule has 34 heavy (non-hydrogen) atoms. The highest BCUT2D eigenvalue weighted by Gasteiger charge is 2.39. The molecular weight excluding hydrogens is 432 g/mol. The predicted octanol–water partition coefficient (Wildman–Crippen LogP) is 2.41. The smallest absolute Gasteiger partial charge is 0.318 e. The maximum atomic E-state index is 13.0. The summed E-state index contributed by atoms with van der Waals surface area (Å²) < 4.78 is 0. The van der Waals surface area contributed by atoms with Crippen LogP contribution in [0.4, 0.5) is 4.79 Å². The van der Waals surface area contributed by atoms with Crippen LogP contribution in [0.3, 0.4) is 0 Å². The molecule has 8 nitrogen and oxygen atoms in total. The topological polar surface area (TPSA) is 102 Å². The Bertz CT molecular complexity index is 834. The van der Waals surface area contributed by atoms with Crippen molar-refractivity contribution in [1.82, 2.24) is 20.4 Å². The normalized spacial score (nSPS) is 27.3. The highest BCUT2D eigenvalue weighted by molar-refractivity contribution is 5.88. The third-order valence-corrected chi connectivity index (χ3v) is 7.49. The third-order valence-electron chi connectivity index (χ3n) is 7.49. The zero-order valence-corrected chi connectivity index (χ0v) is 20.0. The van der Waals surface area contributed by atoms with Crippen molar-refractivity contribution in [1.29, 1.82) is 0 Å². The molecule has 3 fully saturated rings. The van der Waals surface area contributed by atoms with E-state index in [1.165, 1.54) is 11.3 Å². The van der Waals surface area contributed by atoms with Gasteiger partial charge >= 0.3 is 6.03 Å². The molecule has 1 aliphatic carbocycles. The van der Waals surface area contributed by atoms with Gasteiger partial charge in [0.1, 0.15) is 6.04 Å². The Hall–Kier alpha value is -2.61. The molecule has 4 amide bonds. The second-order valence-corrected chi connectivity index (χ2v) is 10.1. The summed E-state index contributed by atoms with van der Waals surface area (Å²) >= 11 is 0. The number of β-amino-alcohol motifs (C(OH)–C–C–N with tert-alkyl or cyclic N) is 1.